The highest BCUT2D eigenvalue weighted by Crippen LogP contribution is 2.32. The van der Waals surface area contributed by atoms with Gasteiger partial charge in [0.05, 0.1) is 6.10 Å². The minimum Gasteiger partial charge on any atom is -0.393 e. The van der Waals surface area contributed by atoms with Gasteiger partial charge in [0.15, 0.2) is 0 Å². The Morgan fingerprint density at radius 1 is 1.15 bits per heavy atom. The van der Waals surface area contributed by atoms with Crippen LogP contribution in [0.4, 0.5) is 0 Å². The van der Waals surface area contributed by atoms with E-state index < -0.39 is 0 Å². The van der Waals surface area contributed by atoms with Crippen LogP contribution in [-0.2, 0) is 0 Å². The molecule has 1 saturated heterocycles. The van der Waals surface area contributed by atoms with E-state index in [2.05, 4.69) is 18.7 Å². The molecule has 1 heterocycles. The smallest absolute Gasteiger partial charge is 0.0555 e. The summed E-state index contributed by atoms with van der Waals surface area (Å²) in [6, 6.07) is 1.42. The fourth-order valence-electron chi connectivity index (χ4n) is 3.08. The van der Waals surface area contributed by atoms with E-state index in [1.165, 1.54) is 19.4 Å². The molecule has 2 fully saturated rings. The number of nitrogens with zero attached hydrogens (tertiary/aromatic N) is 1. The molecule has 2 aliphatic rings. The van der Waals surface area contributed by atoms with Crippen LogP contribution in [0.1, 0.15) is 39.5 Å². The number of likely N-dealkylation sites (tertiary alicyclic amines) is 1. The van der Waals surface area contributed by atoms with Crippen LogP contribution < -0.4 is 0 Å². The summed E-state index contributed by atoms with van der Waals surface area (Å²) in [5.41, 5.74) is 0. The largest absolute Gasteiger partial charge is 0.393 e. The van der Waals surface area contributed by atoms with Crippen molar-refractivity contribution in [3.63, 3.8) is 0 Å². The molecule has 1 saturated carbocycles. The Labute approximate surface area is 80.9 Å². The second-order valence-corrected chi connectivity index (χ2v) is 5.01. The van der Waals surface area contributed by atoms with Gasteiger partial charge < -0.3 is 5.11 Å². The van der Waals surface area contributed by atoms with E-state index in [9.17, 15) is 5.11 Å². The van der Waals surface area contributed by atoms with Crippen molar-refractivity contribution in [2.75, 3.05) is 6.54 Å². The van der Waals surface area contributed by atoms with Gasteiger partial charge in [-0.2, -0.15) is 0 Å². The molecule has 76 valence electrons. The lowest BCUT2D eigenvalue weighted by atomic mass is 10.1. The van der Waals surface area contributed by atoms with Crippen molar-refractivity contribution in [3.8, 4) is 0 Å². The van der Waals surface area contributed by atoms with E-state index in [1.807, 2.05) is 0 Å². The summed E-state index contributed by atoms with van der Waals surface area (Å²) < 4.78 is 0. The van der Waals surface area contributed by atoms with Gasteiger partial charge >= 0.3 is 0 Å². The molecule has 1 aliphatic heterocycles. The van der Waals surface area contributed by atoms with Crippen LogP contribution >= 0.6 is 0 Å². The second-order valence-electron chi connectivity index (χ2n) is 5.01. The van der Waals surface area contributed by atoms with Crippen LogP contribution in [0.5, 0.6) is 0 Å². The summed E-state index contributed by atoms with van der Waals surface area (Å²) in [6.07, 6.45) is 4.55. The van der Waals surface area contributed by atoms with Crippen molar-refractivity contribution in [3.05, 3.63) is 0 Å². The third kappa shape index (κ3) is 1.89. The molecule has 2 rings (SSSR count). The monoisotopic (exact) mass is 183 g/mol. The third-order valence-corrected chi connectivity index (χ3v) is 3.68. The Kier molecular flexibility index (Phi) is 2.61. The van der Waals surface area contributed by atoms with Gasteiger partial charge in [-0.1, -0.05) is 6.92 Å². The lowest BCUT2D eigenvalue weighted by Gasteiger charge is -2.28. The van der Waals surface area contributed by atoms with E-state index in [1.54, 1.807) is 0 Å². The number of aliphatic hydroxyl groups is 1. The van der Waals surface area contributed by atoms with Gasteiger partial charge in [0.2, 0.25) is 0 Å². The maximum absolute atomic E-state index is 9.49. The molecule has 1 aliphatic carbocycles. The van der Waals surface area contributed by atoms with Crippen molar-refractivity contribution < 1.29 is 5.11 Å². The second kappa shape index (κ2) is 3.58. The summed E-state index contributed by atoms with van der Waals surface area (Å²) >= 11 is 0. The van der Waals surface area contributed by atoms with E-state index in [4.69, 9.17) is 0 Å². The summed E-state index contributed by atoms with van der Waals surface area (Å²) in [6.45, 7) is 5.91. The van der Waals surface area contributed by atoms with E-state index in [-0.39, 0.29) is 6.10 Å². The topological polar surface area (TPSA) is 23.5 Å². The molecule has 13 heavy (non-hydrogen) atoms. The third-order valence-electron chi connectivity index (χ3n) is 3.68. The highest BCUT2D eigenvalue weighted by atomic mass is 16.3. The zero-order chi connectivity index (χ0) is 9.42. The van der Waals surface area contributed by atoms with Gasteiger partial charge in [0.25, 0.3) is 0 Å². The highest BCUT2D eigenvalue weighted by Gasteiger charge is 2.35. The zero-order valence-electron chi connectivity index (χ0n) is 8.74. The molecule has 2 heteroatoms. The molecule has 4 atom stereocenters. The normalized spacial score (nSPS) is 47.3. The quantitative estimate of drug-likeness (QED) is 0.668. The molecule has 4 unspecified atom stereocenters. The average molecular weight is 183 g/mol. The van der Waals surface area contributed by atoms with Crippen molar-refractivity contribution >= 4 is 0 Å². The number of hydrogen-bond acceptors (Lipinski definition) is 2. The van der Waals surface area contributed by atoms with Gasteiger partial charge in [-0.05, 0) is 38.5 Å². The molecule has 0 radical (unpaired) electrons. The molecular formula is C11H21NO. The molecule has 0 aromatic carbocycles. The van der Waals surface area contributed by atoms with Gasteiger partial charge in [-0.25, -0.2) is 0 Å². The first-order valence-electron chi connectivity index (χ1n) is 5.60. The van der Waals surface area contributed by atoms with Gasteiger partial charge in [-0.15, -0.1) is 0 Å². The molecule has 0 bridgehead atoms. The summed E-state index contributed by atoms with van der Waals surface area (Å²) in [7, 11) is 0. The highest BCUT2D eigenvalue weighted by molar-refractivity contribution is 4.90. The first kappa shape index (κ1) is 9.47. The fraction of sp³-hybridized carbons (Fsp3) is 1.00. The maximum atomic E-state index is 9.49. The first-order valence-corrected chi connectivity index (χ1v) is 5.60. The van der Waals surface area contributed by atoms with Gasteiger partial charge in [0.1, 0.15) is 0 Å². The summed E-state index contributed by atoms with van der Waals surface area (Å²) in [4.78, 5) is 2.61. The first-order chi connectivity index (χ1) is 6.16. The number of aliphatic hydroxyl groups excluding tert-OH is 1. The zero-order valence-corrected chi connectivity index (χ0v) is 8.74. The molecule has 2 nitrogen and oxygen atoms in total. The van der Waals surface area contributed by atoms with Crippen LogP contribution in [0.3, 0.4) is 0 Å². The van der Waals surface area contributed by atoms with Gasteiger partial charge in [-0.3, -0.25) is 4.90 Å². The van der Waals surface area contributed by atoms with Crippen LogP contribution in [0.15, 0.2) is 0 Å². The number of rotatable bonds is 1. The van der Waals surface area contributed by atoms with Crippen LogP contribution in [0, 0.1) is 5.92 Å². The maximum Gasteiger partial charge on any atom is 0.0555 e. The van der Waals surface area contributed by atoms with Crippen LogP contribution in [-0.4, -0.2) is 34.7 Å². The minimum absolute atomic E-state index is 0.0203. The summed E-state index contributed by atoms with van der Waals surface area (Å²) in [5, 5.41) is 9.49. The molecule has 0 amide bonds. The fourth-order valence-corrected chi connectivity index (χ4v) is 3.08. The van der Waals surface area contributed by atoms with Crippen LogP contribution in [0.2, 0.25) is 0 Å². The molecule has 0 spiro atoms. The molecular weight excluding hydrogens is 162 g/mol. The van der Waals surface area contributed by atoms with E-state index in [0.717, 1.165) is 24.8 Å². The Morgan fingerprint density at radius 2 is 1.92 bits per heavy atom. The standard InChI is InChI=1S/C11H21NO/c1-8-5-9(2)12(7-8)10-3-4-11(13)6-10/h8-11,13H,3-7H2,1-2H3. The Hall–Kier alpha value is -0.0800. The van der Waals surface area contributed by atoms with Crippen molar-refractivity contribution in [2.45, 2.75) is 57.7 Å². The SMILES string of the molecule is CC1CC(C)N(C2CCC(O)C2)C1. The molecule has 0 aromatic heterocycles. The Bertz CT molecular complexity index is 183. The van der Waals surface area contributed by atoms with Crippen molar-refractivity contribution in [2.24, 2.45) is 5.92 Å². The summed E-state index contributed by atoms with van der Waals surface area (Å²) in [5.74, 6) is 0.854. The molecule has 0 aromatic rings. The molecule has 1 N–H and O–H groups in total. The van der Waals surface area contributed by atoms with Gasteiger partial charge in [0, 0.05) is 18.6 Å². The van der Waals surface area contributed by atoms with Crippen molar-refractivity contribution in [1.82, 2.24) is 4.90 Å². The number of hydrogen-bond donors (Lipinski definition) is 1. The Morgan fingerprint density at radius 3 is 2.38 bits per heavy atom. The lowest BCUT2D eigenvalue weighted by Crippen LogP contribution is -2.36. The van der Waals surface area contributed by atoms with Crippen molar-refractivity contribution in [1.29, 1.82) is 0 Å². The Balaban J connectivity index is 1.93. The van der Waals surface area contributed by atoms with E-state index >= 15 is 0 Å². The lowest BCUT2D eigenvalue weighted by molar-refractivity contribution is 0.146. The predicted octanol–water partition coefficient (Wildman–Crippen LogP) is 1.63. The predicted molar refractivity (Wildman–Crippen MR) is 53.6 cm³/mol. The minimum atomic E-state index is -0.0203. The van der Waals surface area contributed by atoms with Crippen LogP contribution in [0.25, 0.3) is 0 Å². The van der Waals surface area contributed by atoms with E-state index in [0.29, 0.717) is 6.04 Å². The average Bonchev–Trinajstić information content (AvgIpc) is 2.58.